The van der Waals surface area contributed by atoms with Crippen molar-refractivity contribution < 1.29 is 32.8 Å². The number of phosphoric acid groups is 1. The molecule has 29 heavy (non-hydrogen) atoms. The van der Waals surface area contributed by atoms with Crippen LogP contribution >= 0.6 is 7.82 Å². The molecular weight excluding hydrogens is 397 g/mol. The number of unbranched alkanes of at least 4 members (excludes halogenated alkanes) is 9. The standard InChI is InChI=1S/C20H42NO7P/c1-3-5-6-7-8-9-10-11-12-13-15-25-17-19(28-20(22)4-2)18-27-29(23,24)26-16-14-21/h19H,3-18,21H2,1-2H3,(H,23,24). The Morgan fingerprint density at radius 3 is 2.03 bits per heavy atom. The third-order valence-electron chi connectivity index (χ3n) is 4.33. The van der Waals surface area contributed by atoms with Crippen molar-refractivity contribution in [2.75, 3.05) is 33.0 Å². The molecule has 0 saturated heterocycles. The van der Waals surface area contributed by atoms with Gasteiger partial charge in [0, 0.05) is 19.6 Å². The van der Waals surface area contributed by atoms with E-state index in [1.165, 1.54) is 51.4 Å². The lowest BCUT2D eigenvalue weighted by Crippen LogP contribution is -2.28. The molecule has 0 spiro atoms. The Morgan fingerprint density at radius 2 is 1.48 bits per heavy atom. The average molecular weight is 440 g/mol. The Kier molecular flexibility index (Phi) is 19.1. The fourth-order valence-corrected chi connectivity index (χ4v) is 3.44. The van der Waals surface area contributed by atoms with E-state index in [-0.39, 0.29) is 32.8 Å². The first-order valence-corrected chi connectivity index (χ1v) is 12.5. The van der Waals surface area contributed by atoms with Gasteiger partial charge in [-0.05, 0) is 6.42 Å². The zero-order chi connectivity index (χ0) is 21.8. The van der Waals surface area contributed by atoms with E-state index in [4.69, 9.17) is 19.7 Å². The summed E-state index contributed by atoms with van der Waals surface area (Å²) in [5.74, 6) is -0.420. The van der Waals surface area contributed by atoms with Gasteiger partial charge in [0.05, 0.1) is 19.8 Å². The Hall–Kier alpha value is -0.500. The van der Waals surface area contributed by atoms with Gasteiger partial charge in [-0.1, -0.05) is 71.6 Å². The molecule has 0 aromatic carbocycles. The van der Waals surface area contributed by atoms with Crippen LogP contribution in [0.25, 0.3) is 0 Å². The molecule has 0 bridgehead atoms. The Bertz CT molecular complexity index is 437. The summed E-state index contributed by atoms with van der Waals surface area (Å²) >= 11 is 0. The topological polar surface area (TPSA) is 117 Å². The molecule has 0 heterocycles. The van der Waals surface area contributed by atoms with Gasteiger partial charge in [-0.2, -0.15) is 0 Å². The normalized spacial score (nSPS) is 14.5. The number of phosphoric ester groups is 1. The highest BCUT2D eigenvalue weighted by atomic mass is 31.2. The molecule has 0 amide bonds. The summed E-state index contributed by atoms with van der Waals surface area (Å²) in [4.78, 5) is 21.1. The Labute approximate surface area is 176 Å². The predicted molar refractivity (Wildman–Crippen MR) is 114 cm³/mol. The average Bonchev–Trinajstić information content (AvgIpc) is 2.71. The van der Waals surface area contributed by atoms with Crippen LogP contribution in [0, 0.1) is 0 Å². The molecule has 8 nitrogen and oxygen atoms in total. The van der Waals surface area contributed by atoms with E-state index in [1.54, 1.807) is 6.92 Å². The Balaban J connectivity index is 3.89. The van der Waals surface area contributed by atoms with Crippen molar-refractivity contribution in [1.82, 2.24) is 0 Å². The van der Waals surface area contributed by atoms with E-state index < -0.39 is 19.9 Å². The molecule has 0 rings (SSSR count). The summed E-state index contributed by atoms with van der Waals surface area (Å²) in [5.41, 5.74) is 5.23. The van der Waals surface area contributed by atoms with E-state index in [1.807, 2.05) is 0 Å². The van der Waals surface area contributed by atoms with Crippen LogP contribution in [0.4, 0.5) is 0 Å². The minimum absolute atomic E-state index is 0.0948. The first-order valence-electron chi connectivity index (χ1n) is 11.0. The van der Waals surface area contributed by atoms with Crippen molar-refractivity contribution in [2.24, 2.45) is 5.73 Å². The van der Waals surface area contributed by atoms with E-state index in [9.17, 15) is 14.3 Å². The highest BCUT2D eigenvalue weighted by Crippen LogP contribution is 2.43. The maximum Gasteiger partial charge on any atom is 0.472 e. The zero-order valence-electron chi connectivity index (χ0n) is 18.3. The molecular formula is C20H42NO7P. The molecule has 0 aliphatic carbocycles. The van der Waals surface area contributed by atoms with Crippen LogP contribution in [0.15, 0.2) is 0 Å². The Morgan fingerprint density at radius 1 is 0.897 bits per heavy atom. The summed E-state index contributed by atoms with van der Waals surface area (Å²) in [6, 6.07) is 0. The van der Waals surface area contributed by atoms with Gasteiger partial charge in [0.25, 0.3) is 0 Å². The molecule has 174 valence electrons. The summed E-state index contributed by atoms with van der Waals surface area (Å²) in [5, 5.41) is 0. The SMILES string of the molecule is CCCCCCCCCCCCOCC(COP(=O)(O)OCCN)OC(=O)CC. The lowest BCUT2D eigenvalue weighted by molar-refractivity contribution is -0.154. The first kappa shape index (κ1) is 28.5. The third-order valence-corrected chi connectivity index (χ3v) is 5.31. The molecule has 2 unspecified atom stereocenters. The number of hydrogen-bond acceptors (Lipinski definition) is 7. The van der Waals surface area contributed by atoms with Crippen LogP contribution in [0.3, 0.4) is 0 Å². The van der Waals surface area contributed by atoms with Gasteiger partial charge in [-0.25, -0.2) is 4.57 Å². The van der Waals surface area contributed by atoms with Crippen LogP contribution in [0.2, 0.25) is 0 Å². The molecule has 9 heteroatoms. The van der Waals surface area contributed by atoms with Crippen LogP contribution < -0.4 is 5.73 Å². The molecule has 0 aromatic rings. The van der Waals surface area contributed by atoms with E-state index in [0.29, 0.717) is 6.61 Å². The second-order valence-corrected chi connectivity index (χ2v) is 8.56. The highest BCUT2D eigenvalue weighted by molar-refractivity contribution is 7.47. The maximum absolute atomic E-state index is 11.7. The number of esters is 1. The zero-order valence-corrected chi connectivity index (χ0v) is 19.2. The van der Waals surface area contributed by atoms with Crippen LogP contribution in [-0.2, 0) is 27.9 Å². The predicted octanol–water partition coefficient (Wildman–Crippen LogP) is 4.34. The fraction of sp³-hybridized carbons (Fsp3) is 0.950. The van der Waals surface area contributed by atoms with Crippen molar-refractivity contribution in [3.05, 3.63) is 0 Å². The molecule has 0 saturated carbocycles. The van der Waals surface area contributed by atoms with E-state index in [0.717, 1.165) is 12.8 Å². The van der Waals surface area contributed by atoms with Crippen molar-refractivity contribution in [3.63, 3.8) is 0 Å². The smallest absolute Gasteiger partial charge is 0.457 e. The van der Waals surface area contributed by atoms with Gasteiger partial charge in [0.2, 0.25) is 0 Å². The molecule has 0 fully saturated rings. The van der Waals surface area contributed by atoms with E-state index >= 15 is 0 Å². The monoisotopic (exact) mass is 439 g/mol. The van der Waals surface area contributed by atoms with Crippen molar-refractivity contribution in [1.29, 1.82) is 0 Å². The van der Waals surface area contributed by atoms with Crippen molar-refractivity contribution >= 4 is 13.8 Å². The number of rotatable bonds is 21. The molecule has 0 aliphatic rings. The third kappa shape index (κ3) is 19.2. The second kappa shape index (κ2) is 19.5. The summed E-state index contributed by atoms with van der Waals surface area (Å²) in [6.07, 6.45) is 11.9. The van der Waals surface area contributed by atoms with Crippen molar-refractivity contribution in [2.45, 2.75) is 90.6 Å². The summed E-state index contributed by atoms with van der Waals surface area (Å²) in [7, 11) is -4.21. The lowest BCUT2D eigenvalue weighted by Gasteiger charge is -2.19. The molecule has 0 aliphatic heterocycles. The summed E-state index contributed by atoms with van der Waals surface area (Å²) in [6.45, 7) is 4.30. The van der Waals surface area contributed by atoms with Gasteiger partial charge in [-0.15, -0.1) is 0 Å². The first-order chi connectivity index (χ1) is 13.9. The number of carbonyl (C=O) groups excluding carboxylic acids is 1. The van der Waals surface area contributed by atoms with E-state index in [2.05, 4.69) is 11.4 Å². The van der Waals surface area contributed by atoms with Gasteiger partial charge in [0.15, 0.2) is 0 Å². The maximum atomic E-state index is 11.7. The lowest BCUT2D eigenvalue weighted by atomic mass is 10.1. The second-order valence-electron chi connectivity index (χ2n) is 7.11. The number of ether oxygens (including phenoxy) is 2. The minimum Gasteiger partial charge on any atom is -0.457 e. The highest BCUT2D eigenvalue weighted by Gasteiger charge is 2.24. The molecule has 0 aromatic heterocycles. The quantitative estimate of drug-likeness (QED) is 0.154. The molecule has 3 N–H and O–H groups in total. The largest absolute Gasteiger partial charge is 0.472 e. The molecule has 0 radical (unpaired) electrons. The van der Waals surface area contributed by atoms with Crippen LogP contribution in [0.5, 0.6) is 0 Å². The summed E-state index contributed by atoms with van der Waals surface area (Å²) < 4.78 is 32.0. The van der Waals surface area contributed by atoms with Gasteiger partial charge < -0.3 is 20.1 Å². The fourth-order valence-electron chi connectivity index (χ4n) is 2.67. The molecule has 2 atom stereocenters. The van der Waals surface area contributed by atoms with Crippen molar-refractivity contribution in [3.8, 4) is 0 Å². The van der Waals surface area contributed by atoms with Gasteiger partial charge >= 0.3 is 13.8 Å². The van der Waals surface area contributed by atoms with Crippen LogP contribution in [0.1, 0.15) is 84.5 Å². The van der Waals surface area contributed by atoms with Gasteiger partial charge in [-0.3, -0.25) is 13.8 Å². The minimum atomic E-state index is -4.21. The van der Waals surface area contributed by atoms with Crippen LogP contribution in [-0.4, -0.2) is 49.9 Å². The number of hydrogen-bond donors (Lipinski definition) is 2. The number of nitrogens with two attached hydrogens (primary N) is 1. The number of carbonyl (C=O) groups is 1. The van der Waals surface area contributed by atoms with Gasteiger partial charge in [0.1, 0.15) is 6.10 Å².